The lowest BCUT2D eigenvalue weighted by Gasteiger charge is -2.64. The number of likely N-dealkylation sites (N-methyl/N-ethyl adjacent to an activating group) is 1. The summed E-state index contributed by atoms with van der Waals surface area (Å²) >= 11 is 0. The van der Waals surface area contributed by atoms with Gasteiger partial charge in [0, 0.05) is 105 Å². The van der Waals surface area contributed by atoms with Gasteiger partial charge in [0.05, 0.1) is 31.8 Å². The summed E-state index contributed by atoms with van der Waals surface area (Å²) < 4.78 is 5.60. The van der Waals surface area contributed by atoms with Gasteiger partial charge in [0.25, 0.3) is 23.6 Å². The summed E-state index contributed by atoms with van der Waals surface area (Å²) in [4.78, 5) is 161. The Hall–Kier alpha value is -5.42. The first kappa shape index (κ1) is 46.1. The molecular weight excluding hydrogens is 851 g/mol. The summed E-state index contributed by atoms with van der Waals surface area (Å²) in [7, 11) is 1.38. The minimum atomic E-state index is -2.94. The number of carbonyl (C=O) groups excluding carboxylic acids is 10. The first-order valence-electron chi connectivity index (χ1n) is 23.1. The van der Waals surface area contributed by atoms with Gasteiger partial charge in [-0.05, 0) is 44.9 Å². The van der Waals surface area contributed by atoms with E-state index in [2.05, 4.69) is 16.0 Å². The maximum Gasteiger partial charge on any atom is 0.260 e. The Morgan fingerprint density at radius 1 is 0.692 bits per heavy atom. The molecule has 356 valence electrons. The standard InChI is InChI=1S/C42H61N11O12/c1-43-32(57)30-7-5-14-52(30)34(59)40(26-51(27-54)42(40,38(63)46-12-2-3-13-46)39(64)50-16-8-28(55)24-50)35(60)53-15-4-6-29(33(58)49-19-11-45-31(56)25-49)41(53,36(61)47-17-9-44-10-18-47)37(62)48-20-22-65-23-21-48/h27-30,44,55H,2-26H2,1H3,(H,43,57)(H,45,56). The predicted octanol–water partition coefficient (Wildman–Crippen LogP) is -5.64. The summed E-state index contributed by atoms with van der Waals surface area (Å²) in [5.41, 5.74) is -8.57. The van der Waals surface area contributed by atoms with Gasteiger partial charge in [-0.1, -0.05) is 0 Å². The molecule has 0 spiro atoms. The van der Waals surface area contributed by atoms with Crippen molar-refractivity contribution in [2.24, 2.45) is 11.3 Å². The Morgan fingerprint density at radius 2 is 1.32 bits per heavy atom. The molecular formula is C42H61N11O12. The minimum absolute atomic E-state index is 0.0146. The number of nitrogens with one attached hydrogen (secondary N) is 3. The molecule has 0 aromatic carbocycles. The molecule has 0 aromatic heterocycles. The highest BCUT2D eigenvalue weighted by atomic mass is 16.5. The number of carbonyl (C=O) groups is 10. The fourth-order valence-corrected chi connectivity index (χ4v) is 11.6. The average molecular weight is 912 g/mol. The number of amides is 10. The van der Waals surface area contributed by atoms with Crippen molar-refractivity contribution in [1.82, 2.24) is 55.1 Å². The Balaban J connectivity index is 1.39. The lowest BCUT2D eigenvalue weighted by Crippen LogP contribution is -2.91. The Labute approximate surface area is 376 Å². The van der Waals surface area contributed by atoms with E-state index >= 15 is 33.6 Å². The van der Waals surface area contributed by atoms with Gasteiger partial charge in [0.15, 0.2) is 5.41 Å². The minimum Gasteiger partial charge on any atom is -0.391 e. The highest BCUT2D eigenvalue weighted by Gasteiger charge is 2.84. The second-order valence-corrected chi connectivity index (χ2v) is 18.3. The van der Waals surface area contributed by atoms with E-state index in [0.717, 1.165) is 19.6 Å². The molecule has 0 aromatic rings. The second kappa shape index (κ2) is 18.5. The number of hydrogen-bond acceptors (Lipinski definition) is 13. The number of morpholine rings is 1. The second-order valence-electron chi connectivity index (χ2n) is 18.3. The van der Waals surface area contributed by atoms with Crippen molar-refractivity contribution in [2.75, 3.05) is 125 Å². The number of aliphatic hydroxyl groups is 1. The molecule has 6 atom stereocenters. The van der Waals surface area contributed by atoms with Crippen LogP contribution in [0, 0.1) is 11.3 Å². The van der Waals surface area contributed by atoms with Crippen molar-refractivity contribution in [3.05, 3.63) is 0 Å². The molecule has 10 amide bonds. The van der Waals surface area contributed by atoms with Gasteiger partial charge in [-0.25, -0.2) is 0 Å². The molecule has 65 heavy (non-hydrogen) atoms. The van der Waals surface area contributed by atoms with Crippen molar-refractivity contribution in [3.8, 4) is 0 Å². The van der Waals surface area contributed by atoms with E-state index in [1.807, 2.05) is 0 Å². The molecule has 0 saturated carbocycles. The average Bonchev–Trinajstić information content (AvgIpc) is 4.14. The van der Waals surface area contributed by atoms with Gasteiger partial charge in [-0.15, -0.1) is 0 Å². The summed E-state index contributed by atoms with van der Waals surface area (Å²) in [6, 6.07) is -1.16. The molecule has 23 heteroatoms. The fourth-order valence-electron chi connectivity index (χ4n) is 11.6. The molecule has 8 aliphatic heterocycles. The van der Waals surface area contributed by atoms with Gasteiger partial charge in [-0.2, -0.15) is 0 Å². The largest absolute Gasteiger partial charge is 0.391 e. The van der Waals surface area contributed by atoms with E-state index in [-0.39, 0.29) is 124 Å². The van der Waals surface area contributed by atoms with Crippen LogP contribution in [-0.2, 0) is 52.7 Å². The molecule has 0 aliphatic carbocycles. The van der Waals surface area contributed by atoms with Gasteiger partial charge in [0.1, 0.15) is 6.04 Å². The monoisotopic (exact) mass is 911 g/mol. The Bertz CT molecular complexity index is 1940. The molecule has 0 radical (unpaired) electrons. The van der Waals surface area contributed by atoms with E-state index in [4.69, 9.17) is 4.74 Å². The summed E-state index contributed by atoms with van der Waals surface area (Å²) in [5, 5.41) is 19.2. The highest BCUT2D eigenvalue weighted by molar-refractivity contribution is 6.27. The van der Waals surface area contributed by atoms with Crippen molar-refractivity contribution in [1.29, 1.82) is 0 Å². The lowest BCUT2D eigenvalue weighted by molar-refractivity contribution is -0.216. The van der Waals surface area contributed by atoms with Crippen LogP contribution in [0.25, 0.3) is 0 Å². The summed E-state index contributed by atoms with van der Waals surface area (Å²) in [5.74, 6) is -9.72. The third-order valence-corrected chi connectivity index (χ3v) is 14.9. The fraction of sp³-hybridized carbons (Fsp3) is 0.762. The van der Waals surface area contributed by atoms with Crippen molar-refractivity contribution in [2.45, 2.75) is 68.2 Å². The van der Waals surface area contributed by atoms with Crippen LogP contribution in [0.2, 0.25) is 0 Å². The lowest BCUT2D eigenvalue weighted by atomic mass is 9.56. The van der Waals surface area contributed by atoms with E-state index in [0.29, 0.717) is 32.4 Å². The van der Waals surface area contributed by atoms with Crippen LogP contribution in [0.5, 0.6) is 0 Å². The Kier molecular flexibility index (Phi) is 13.1. The number of likely N-dealkylation sites (tertiary alicyclic amines) is 5. The molecule has 8 fully saturated rings. The van der Waals surface area contributed by atoms with Gasteiger partial charge in [0.2, 0.25) is 47.0 Å². The zero-order chi connectivity index (χ0) is 46.3. The van der Waals surface area contributed by atoms with Crippen LogP contribution in [0.15, 0.2) is 0 Å². The van der Waals surface area contributed by atoms with Crippen LogP contribution in [0.3, 0.4) is 0 Å². The van der Waals surface area contributed by atoms with Gasteiger partial charge < -0.3 is 65.0 Å². The number of rotatable bonds is 9. The van der Waals surface area contributed by atoms with Crippen LogP contribution in [0.4, 0.5) is 0 Å². The van der Waals surface area contributed by atoms with E-state index in [1.54, 1.807) is 0 Å². The summed E-state index contributed by atoms with van der Waals surface area (Å²) in [6.07, 6.45) is 0.721. The zero-order valence-corrected chi connectivity index (χ0v) is 37.0. The van der Waals surface area contributed by atoms with E-state index in [1.165, 1.54) is 26.6 Å². The van der Waals surface area contributed by atoms with Crippen LogP contribution >= 0.6 is 0 Å². The van der Waals surface area contributed by atoms with Crippen molar-refractivity contribution >= 4 is 59.6 Å². The van der Waals surface area contributed by atoms with Gasteiger partial charge >= 0.3 is 0 Å². The summed E-state index contributed by atoms with van der Waals surface area (Å²) in [6.45, 7) is -0.857. The van der Waals surface area contributed by atoms with Crippen molar-refractivity contribution in [3.63, 3.8) is 0 Å². The SMILES string of the molecule is CNC(=O)C1CCCN1C(=O)C1(C(=O)N2CCCC(C(=O)N3CCNC(=O)C3)C2(C(=O)N2CCNCC2)C(=O)N2CCOCC2)CN(C=O)C1(C(=O)N1CCCC1)C(=O)N1CCC(O)C1. The maximum atomic E-state index is 16.9. The quantitative estimate of drug-likeness (QED) is 0.124. The number of aliphatic hydroxyl groups excluding tert-OH is 1. The maximum absolute atomic E-state index is 16.9. The molecule has 8 aliphatic rings. The van der Waals surface area contributed by atoms with Crippen molar-refractivity contribution < 1.29 is 57.8 Å². The van der Waals surface area contributed by atoms with E-state index in [9.17, 15) is 19.5 Å². The Morgan fingerprint density at radius 3 is 1.95 bits per heavy atom. The molecule has 23 nitrogen and oxygen atoms in total. The predicted molar refractivity (Wildman–Crippen MR) is 223 cm³/mol. The van der Waals surface area contributed by atoms with Crippen LogP contribution < -0.4 is 16.0 Å². The third kappa shape index (κ3) is 7.27. The van der Waals surface area contributed by atoms with Crippen LogP contribution in [0.1, 0.15) is 44.9 Å². The molecule has 8 rings (SSSR count). The molecule has 4 N–H and O–H groups in total. The smallest absolute Gasteiger partial charge is 0.260 e. The first-order valence-corrected chi connectivity index (χ1v) is 23.1. The normalized spacial score (nSPS) is 31.9. The topological polar surface area (TPSA) is 262 Å². The molecule has 0 bridgehead atoms. The van der Waals surface area contributed by atoms with Gasteiger partial charge in [-0.3, -0.25) is 47.9 Å². The molecule has 8 heterocycles. The molecule has 6 unspecified atom stereocenters. The number of piperidine rings is 1. The first-order chi connectivity index (χ1) is 31.3. The zero-order valence-electron chi connectivity index (χ0n) is 37.0. The highest BCUT2D eigenvalue weighted by Crippen LogP contribution is 2.55. The number of hydrogen-bond donors (Lipinski definition) is 4. The number of piperazine rings is 2. The molecule has 8 saturated heterocycles. The van der Waals surface area contributed by atoms with Crippen LogP contribution in [-0.4, -0.2) is 252 Å². The van der Waals surface area contributed by atoms with E-state index < -0.39 is 101 Å². The number of nitrogens with zero attached hydrogens (tertiary/aromatic N) is 8. The number of β-amino-alcohol motifs (C(OH)–C–C–N with tert-alkyl or cyclic N) is 1. The third-order valence-electron chi connectivity index (χ3n) is 14.9. The number of ether oxygens (including phenoxy) is 1.